The van der Waals surface area contributed by atoms with Crippen molar-refractivity contribution in [1.29, 1.82) is 0 Å². The van der Waals surface area contributed by atoms with Gasteiger partial charge in [0.05, 0.1) is 21.6 Å². The standard InChI is InChI=1S/C31H33ClFN5O4S/c1-31(2,3)21-12-14-22(15-13-21)43(40,41)36-26-18-25(33)24(32)17-23(26)28-34-35-29(37(28)4)27-11-8-16-38(27)30(39)42-19-20-9-6-5-7-10-20/h5-7,9-10,12-15,17-18,27,36H,8,11,16,19H2,1-4H3/t27-/m1/s1. The van der Waals surface area contributed by atoms with Gasteiger partial charge >= 0.3 is 6.09 Å². The van der Waals surface area contributed by atoms with Gasteiger partial charge in [-0.2, -0.15) is 0 Å². The predicted octanol–water partition coefficient (Wildman–Crippen LogP) is 6.85. The molecule has 1 fully saturated rings. The van der Waals surface area contributed by atoms with Crippen LogP contribution in [0.15, 0.2) is 71.6 Å². The quantitative estimate of drug-likeness (QED) is 0.241. The molecule has 226 valence electrons. The largest absolute Gasteiger partial charge is 0.445 e. The van der Waals surface area contributed by atoms with Crippen LogP contribution in [0.4, 0.5) is 14.9 Å². The molecule has 3 aromatic carbocycles. The Morgan fingerprint density at radius 3 is 2.47 bits per heavy atom. The van der Waals surface area contributed by atoms with Gasteiger partial charge in [0.15, 0.2) is 11.6 Å². The highest BCUT2D eigenvalue weighted by Gasteiger charge is 2.35. The number of hydrogen-bond acceptors (Lipinski definition) is 6. The van der Waals surface area contributed by atoms with E-state index >= 15 is 0 Å². The predicted molar refractivity (Wildman–Crippen MR) is 163 cm³/mol. The number of likely N-dealkylation sites (tertiary alicyclic amines) is 1. The number of ether oxygens (including phenoxy) is 1. The van der Waals surface area contributed by atoms with Gasteiger partial charge < -0.3 is 9.30 Å². The van der Waals surface area contributed by atoms with E-state index in [4.69, 9.17) is 16.3 Å². The first-order chi connectivity index (χ1) is 20.3. The molecule has 1 aliphatic rings. The number of halogens is 2. The maximum Gasteiger partial charge on any atom is 0.410 e. The van der Waals surface area contributed by atoms with E-state index in [1.54, 1.807) is 28.6 Å². The highest BCUT2D eigenvalue weighted by Crippen LogP contribution is 2.37. The lowest BCUT2D eigenvalue weighted by molar-refractivity contribution is 0.0904. The molecule has 1 N–H and O–H groups in total. The van der Waals surface area contributed by atoms with Gasteiger partial charge in [-0.15, -0.1) is 10.2 Å². The Morgan fingerprint density at radius 2 is 1.79 bits per heavy atom. The summed E-state index contributed by atoms with van der Waals surface area (Å²) in [6, 6.07) is 17.9. The van der Waals surface area contributed by atoms with Crippen LogP contribution in [0, 0.1) is 5.82 Å². The van der Waals surface area contributed by atoms with E-state index in [1.165, 1.54) is 18.2 Å². The van der Waals surface area contributed by atoms with E-state index in [0.717, 1.165) is 23.6 Å². The first kappa shape index (κ1) is 30.5. The van der Waals surface area contributed by atoms with Gasteiger partial charge in [0.1, 0.15) is 12.4 Å². The summed E-state index contributed by atoms with van der Waals surface area (Å²) in [4.78, 5) is 14.6. The van der Waals surface area contributed by atoms with Crippen molar-refractivity contribution < 1.29 is 22.3 Å². The van der Waals surface area contributed by atoms with E-state index in [2.05, 4.69) is 14.9 Å². The van der Waals surface area contributed by atoms with Crippen LogP contribution in [0.5, 0.6) is 0 Å². The minimum absolute atomic E-state index is 0.0241. The van der Waals surface area contributed by atoms with Crippen LogP contribution in [-0.2, 0) is 33.8 Å². The fourth-order valence-electron chi connectivity index (χ4n) is 5.08. The highest BCUT2D eigenvalue weighted by molar-refractivity contribution is 7.92. The molecule has 0 unspecified atom stereocenters. The molecule has 1 aliphatic heterocycles. The first-order valence-corrected chi connectivity index (χ1v) is 15.7. The molecule has 43 heavy (non-hydrogen) atoms. The summed E-state index contributed by atoms with van der Waals surface area (Å²) < 4.78 is 51.1. The third kappa shape index (κ3) is 6.52. The van der Waals surface area contributed by atoms with Gasteiger partial charge in [0.2, 0.25) is 0 Å². The molecule has 9 nitrogen and oxygen atoms in total. The average molecular weight is 626 g/mol. The number of nitrogens with zero attached hydrogens (tertiary/aromatic N) is 4. The van der Waals surface area contributed by atoms with Gasteiger partial charge in [-0.3, -0.25) is 9.62 Å². The van der Waals surface area contributed by atoms with Crippen molar-refractivity contribution >= 4 is 33.4 Å². The van der Waals surface area contributed by atoms with Crippen molar-refractivity contribution in [3.8, 4) is 11.4 Å². The summed E-state index contributed by atoms with van der Waals surface area (Å²) in [6.07, 6.45) is 0.918. The van der Waals surface area contributed by atoms with Gasteiger partial charge in [-0.05, 0) is 47.6 Å². The van der Waals surface area contributed by atoms with Crippen LogP contribution in [0.25, 0.3) is 11.4 Å². The maximum absolute atomic E-state index is 14.7. The zero-order valence-corrected chi connectivity index (χ0v) is 25.9. The van der Waals surface area contributed by atoms with Crippen LogP contribution < -0.4 is 4.72 Å². The van der Waals surface area contributed by atoms with Crippen LogP contribution in [0.3, 0.4) is 0 Å². The van der Waals surface area contributed by atoms with Gasteiger partial charge in [0.25, 0.3) is 10.0 Å². The second-order valence-electron chi connectivity index (χ2n) is 11.5. The van der Waals surface area contributed by atoms with E-state index in [0.29, 0.717) is 18.8 Å². The maximum atomic E-state index is 14.7. The molecule has 4 aromatic rings. The van der Waals surface area contributed by atoms with E-state index in [-0.39, 0.29) is 39.0 Å². The van der Waals surface area contributed by atoms with Crippen LogP contribution in [0.2, 0.25) is 5.02 Å². The lowest BCUT2D eigenvalue weighted by Crippen LogP contribution is -2.32. The molecule has 2 heterocycles. The fraction of sp³-hybridized carbons (Fsp3) is 0.323. The summed E-state index contributed by atoms with van der Waals surface area (Å²) in [5, 5.41) is 8.46. The summed E-state index contributed by atoms with van der Waals surface area (Å²) in [6.45, 7) is 6.73. The normalized spacial score (nSPS) is 15.5. The second kappa shape index (κ2) is 12.0. The van der Waals surface area contributed by atoms with Crippen molar-refractivity contribution in [2.75, 3.05) is 11.3 Å². The van der Waals surface area contributed by atoms with Crippen LogP contribution in [0.1, 0.15) is 56.6 Å². The first-order valence-electron chi connectivity index (χ1n) is 13.8. The molecule has 12 heteroatoms. The number of nitrogens with one attached hydrogen (secondary N) is 1. The van der Waals surface area contributed by atoms with Crippen molar-refractivity contribution in [1.82, 2.24) is 19.7 Å². The molecule has 0 saturated carbocycles. The molecule has 0 spiro atoms. The van der Waals surface area contributed by atoms with Crippen molar-refractivity contribution in [2.24, 2.45) is 7.05 Å². The molecule has 1 aromatic heterocycles. The lowest BCUT2D eigenvalue weighted by atomic mass is 9.87. The van der Waals surface area contributed by atoms with Crippen LogP contribution >= 0.6 is 11.6 Å². The van der Waals surface area contributed by atoms with Crippen molar-refractivity contribution in [3.05, 3.63) is 94.5 Å². The lowest BCUT2D eigenvalue weighted by Gasteiger charge is -2.23. The number of carbonyl (C=O) groups excluding carboxylic acids is 1. The Hall–Kier alpha value is -3.96. The zero-order chi connectivity index (χ0) is 30.9. The zero-order valence-electron chi connectivity index (χ0n) is 24.3. The number of sulfonamides is 1. The Bertz CT molecular complexity index is 1740. The van der Waals surface area contributed by atoms with Crippen molar-refractivity contribution in [3.63, 3.8) is 0 Å². The van der Waals surface area contributed by atoms with Crippen LogP contribution in [-0.4, -0.2) is 40.7 Å². The molecular weight excluding hydrogens is 593 g/mol. The number of carbonyl (C=O) groups is 1. The SMILES string of the molecule is Cn1c(-c2cc(Cl)c(F)cc2NS(=O)(=O)c2ccc(C(C)(C)C)cc2)nnc1[C@H]1CCCN1C(=O)OCc1ccccc1. The highest BCUT2D eigenvalue weighted by atomic mass is 35.5. The second-order valence-corrected chi connectivity index (χ2v) is 13.6. The number of hydrogen-bond donors (Lipinski definition) is 1. The number of anilines is 1. The number of rotatable bonds is 7. The molecule has 1 atom stereocenters. The fourth-order valence-corrected chi connectivity index (χ4v) is 6.31. The molecule has 1 saturated heterocycles. The number of aromatic nitrogens is 3. The molecular formula is C31H33ClFN5O4S. The number of amides is 1. The van der Waals surface area contributed by atoms with Gasteiger partial charge in [-0.25, -0.2) is 17.6 Å². The third-order valence-electron chi connectivity index (χ3n) is 7.48. The Morgan fingerprint density at radius 1 is 1.09 bits per heavy atom. The summed E-state index contributed by atoms with van der Waals surface area (Å²) in [7, 11) is -2.39. The van der Waals surface area contributed by atoms with E-state index in [9.17, 15) is 17.6 Å². The third-order valence-corrected chi connectivity index (χ3v) is 9.15. The Balaban J connectivity index is 1.42. The monoisotopic (exact) mass is 625 g/mol. The van der Waals surface area contributed by atoms with E-state index in [1.807, 2.05) is 51.1 Å². The minimum Gasteiger partial charge on any atom is -0.445 e. The summed E-state index contributed by atoms with van der Waals surface area (Å²) >= 11 is 6.14. The molecule has 0 bridgehead atoms. The topological polar surface area (TPSA) is 106 Å². The summed E-state index contributed by atoms with van der Waals surface area (Å²) in [5.74, 6) is -0.0601. The molecule has 1 amide bonds. The number of benzene rings is 3. The Kier molecular flexibility index (Phi) is 8.49. The smallest absolute Gasteiger partial charge is 0.410 e. The molecule has 0 aliphatic carbocycles. The summed E-state index contributed by atoms with van der Waals surface area (Å²) in [5.41, 5.74) is 1.88. The average Bonchev–Trinajstić information content (AvgIpc) is 3.60. The minimum atomic E-state index is -4.09. The Labute approximate surface area is 255 Å². The van der Waals surface area contributed by atoms with Crippen molar-refractivity contribution in [2.45, 2.75) is 56.6 Å². The molecule has 0 radical (unpaired) electrons. The molecule has 5 rings (SSSR count). The van der Waals surface area contributed by atoms with Gasteiger partial charge in [0, 0.05) is 25.2 Å². The van der Waals surface area contributed by atoms with Gasteiger partial charge in [-0.1, -0.05) is 74.8 Å². The van der Waals surface area contributed by atoms with E-state index < -0.39 is 28.0 Å².